The Balaban J connectivity index is 1.99. The molecule has 1 aromatic carbocycles. The number of phenols is 1. The van der Waals surface area contributed by atoms with Crippen molar-refractivity contribution in [2.75, 3.05) is 26.8 Å². The molecule has 1 saturated heterocycles. The molecule has 5 heteroatoms. The minimum atomic E-state index is -0.0608. The number of aromatic hydroxyl groups is 1. The molecule has 1 aliphatic rings. The number of rotatable bonds is 3. The minimum Gasteiger partial charge on any atom is -0.507 e. The summed E-state index contributed by atoms with van der Waals surface area (Å²) in [6.07, 6.45) is 2.01. The van der Waals surface area contributed by atoms with Gasteiger partial charge in [0.25, 0.3) is 5.91 Å². The maximum Gasteiger partial charge on any atom is 0.253 e. The van der Waals surface area contributed by atoms with Crippen LogP contribution in [-0.2, 0) is 4.74 Å². The summed E-state index contributed by atoms with van der Waals surface area (Å²) >= 11 is 3.21. The Bertz CT molecular complexity index is 458. The lowest BCUT2D eigenvalue weighted by atomic mass is 9.99. The topological polar surface area (TPSA) is 49.8 Å². The highest BCUT2D eigenvalue weighted by Crippen LogP contribution is 2.25. The van der Waals surface area contributed by atoms with Crippen LogP contribution in [-0.4, -0.2) is 42.7 Å². The van der Waals surface area contributed by atoms with Crippen molar-refractivity contribution >= 4 is 21.8 Å². The quantitative estimate of drug-likeness (QED) is 0.928. The number of carbonyl (C=O) groups is 1. The van der Waals surface area contributed by atoms with Gasteiger partial charge in [-0.05, 0) is 52.9 Å². The Hall–Kier alpha value is -1.07. The number of carbonyl (C=O) groups excluding carboxylic acids is 1. The summed E-state index contributed by atoms with van der Waals surface area (Å²) in [5, 5.41) is 9.62. The average molecular weight is 328 g/mol. The van der Waals surface area contributed by atoms with Crippen LogP contribution >= 0.6 is 15.9 Å². The lowest BCUT2D eigenvalue weighted by Crippen LogP contribution is -2.34. The van der Waals surface area contributed by atoms with Crippen molar-refractivity contribution in [2.45, 2.75) is 12.8 Å². The molecule has 0 spiro atoms. The molecule has 1 aromatic rings. The number of halogens is 1. The maximum absolute atomic E-state index is 12.3. The Morgan fingerprint density at radius 1 is 1.47 bits per heavy atom. The standard InChI is InChI=1S/C14H18BrNO3/c1-16(9-10-4-6-19-7-5-10)14(18)11-2-3-12(15)13(17)8-11/h2-3,8,10,17H,4-7,9H2,1H3. The summed E-state index contributed by atoms with van der Waals surface area (Å²) in [6.45, 7) is 2.30. The molecule has 1 N–H and O–H groups in total. The third-order valence-corrected chi connectivity index (χ3v) is 4.08. The number of benzene rings is 1. The van der Waals surface area contributed by atoms with Crippen LogP contribution in [0.1, 0.15) is 23.2 Å². The first-order valence-corrected chi connectivity index (χ1v) is 7.19. The van der Waals surface area contributed by atoms with Crippen LogP contribution in [0.25, 0.3) is 0 Å². The first-order chi connectivity index (χ1) is 9.08. The van der Waals surface area contributed by atoms with Gasteiger partial charge in [-0.2, -0.15) is 0 Å². The van der Waals surface area contributed by atoms with E-state index in [-0.39, 0.29) is 11.7 Å². The van der Waals surface area contributed by atoms with Gasteiger partial charge in [-0.15, -0.1) is 0 Å². The predicted molar refractivity (Wildman–Crippen MR) is 76.3 cm³/mol. The summed E-state index contributed by atoms with van der Waals surface area (Å²) in [6, 6.07) is 4.89. The van der Waals surface area contributed by atoms with E-state index in [1.165, 1.54) is 6.07 Å². The fraction of sp³-hybridized carbons (Fsp3) is 0.500. The number of ether oxygens (including phenoxy) is 1. The van der Waals surface area contributed by atoms with E-state index in [0.717, 1.165) is 32.6 Å². The van der Waals surface area contributed by atoms with E-state index in [1.807, 2.05) is 0 Å². The molecule has 1 fully saturated rings. The second-order valence-electron chi connectivity index (χ2n) is 4.91. The lowest BCUT2D eigenvalue weighted by molar-refractivity contribution is 0.0497. The van der Waals surface area contributed by atoms with Gasteiger partial charge in [0.2, 0.25) is 0 Å². The van der Waals surface area contributed by atoms with E-state index in [2.05, 4.69) is 15.9 Å². The van der Waals surface area contributed by atoms with E-state index in [9.17, 15) is 9.90 Å². The van der Waals surface area contributed by atoms with Gasteiger partial charge in [0, 0.05) is 32.4 Å². The third-order valence-electron chi connectivity index (χ3n) is 3.41. The van der Waals surface area contributed by atoms with Crippen LogP contribution in [0.4, 0.5) is 0 Å². The van der Waals surface area contributed by atoms with E-state index in [4.69, 9.17) is 4.74 Å². The van der Waals surface area contributed by atoms with Crippen LogP contribution < -0.4 is 0 Å². The monoisotopic (exact) mass is 327 g/mol. The largest absolute Gasteiger partial charge is 0.507 e. The highest BCUT2D eigenvalue weighted by atomic mass is 79.9. The number of phenolic OH excluding ortho intramolecular Hbond substituents is 1. The van der Waals surface area contributed by atoms with Crippen LogP contribution in [0.15, 0.2) is 22.7 Å². The molecule has 0 aromatic heterocycles. The molecule has 1 heterocycles. The van der Waals surface area contributed by atoms with E-state index < -0.39 is 0 Å². The van der Waals surface area contributed by atoms with Crippen molar-refractivity contribution in [1.29, 1.82) is 0 Å². The van der Waals surface area contributed by atoms with Gasteiger partial charge in [0.1, 0.15) is 5.75 Å². The molecule has 4 nitrogen and oxygen atoms in total. The van der Waals surface area contributed by atoms with Crippen LogP contribution in [0.2, 0.25) is 0 Å². The number of nitrogens with zero attached hydrogens (tertiary/aromatic N) is 1. The smallest absolute Gasteiger partial charge is 0.253 e. The Morgan fingerprint density at radius 2 is 2.16 bits per heavy atom. The predicted octanol–water partition coefficient (Wildman–Crippen LogP) is 2.65. The molecule has 1 amide bonds. The number of hydrogen-bond acceptors (Lipinski definition) is 3. The van der Waals surface area contributed by atoms with Crippen LogP contribution in [0.5, 0.6) is 5.75 Å². The molecule has 1 aliphatic heterocycles. The van der Waals surface area contributed by atoms with Gasteiger partial charge in [0.15, 0.2) is 0 Å². The maximum atomic E-state index is 12.3. The van der Waals surface area contributed by atoms with Gasteiger partial charge in [-0.25, -0.2) is 0 Å². The minimum absolute atomic E-state index is 0.0608. The zero-order valence-electron chi connectivity index (χ0n) is 10.9. The summed E-state index contributed by atoms with van der Waals surface area (Å²) < 4.78 is 5.91. The van der Waals surface area contributed by atoms with Gasteiger partial charge < -0.3 is 14.7 Å². The summed E-state index contributed by atoms with van der Waals surface area (Å²) in [4.78, 5) is 14.0. The second kappa shape index (κ2) is 6.39. The molecule has 2 rings (SSSR count). The molecule has 0 unspecified atom stereocenters. The van der Waals surface area contributed by atoms with Crippen molar-refractivity contribution in [2.24, 2.45) is 5.92 Å². The SMILES string of the molecule is CN(CC1CCOCC1)C(=O)c1ccc(Br)c(O)c1. The fourth-order valence-corrected chi connectivity index (χ4v) is 2.51. The first-order valence-electron chi connectivity index (χ1n) is 6.39. The third kappa shape index (κ3) is 3.70. The second-order valence-corrected chi connectivity index (χ2v) is 5.76. The van der Waals surface area contributed by atoms with Crippen molar-refractivity contribution in [3.63, 3.8) is 0 Å². The number of hydrogen-bond donors (Lipinski definition) is 1. The van der Waals surface area contributed by atoms with Gasteiger partial charge in [0.05, 0.1) is 4.47 Å². The number of amides is 1. The molecule has 104 valence electrons. The van der Waals surface area contributed by atoms with Gasteiger partial charge >= 0.3 is 0 Å². The molecule has 19 heavy (non-hydrogen) atoms. The van der Waals surface area contributed by atoms with Crippen molar-refractivity contribution < 1.29 is 14.6 Å². The molecule has 0 radical (unpaired) electrons. The molecular weight excluding hydrogens is 310 g/mol. The van der Waals surface area contributed by atoms with E-state index in [0.29, 0.717) is 16.0 Å². The summed E-state index contributed by atoms with van der Waals surface area (Å²) in [7, 11) is 1.80. The highest BCUT2D eigenvalue weighted by molar-refractivity contribution is 9.10. The van der Waals surface area contributed by atoms with Crippen molar-refractivity contribution in [3.8, 4) is 5.75 Å². The van der Waals surface area contributed by atoms with Gasteiger partial charge in [-0.3, -0.25) is 4.79 Å². The zero-order valence-corrected chi connectivity index (χ0v) is 12.5. The molecule has 0 atom stereocenters. The molecular formula is C14H18BrNO3. The van der Waals surface area contributed by atoms with Crippen LogP contribution in [0, 0.1) is 5.92 Å². The van der Waals surface area contributed by atoms with E-state index >= 15 is 0 Å². The van der Waals surface area contributed by atoms with Crippen molar-refractivity contribution in [1.82, 2.24) is 4.90 Å². The zero-order chi connectivity index (χ0) is 13.8. The van der Waals surface area contributed by atoms with Crippen molar-refractivity contribution in [3.05, 3.63) is 28.2 Å². The molecule has 0 bridgehead atoms. The Kier molecular flexibility index (Phi) is 4.82. The lowest BCUT2D eigenvalue weighted by Gasteiger charge is -2.27. The summed E-state index contributed by atoms with van der Waals surface area (Å²) in [5.74, 6) is 0.534. The highest BCUT2D eigenvalue weighted by Gasteiger charge is 2.19. The summed E-state index contributed by atoms with van der Waals surface area (Å²) in [5.41, 5.74) is 0.509. The average Bonchev–Trinajstić information content (AvgIpc) is 2.42. The van der Waals surface area contributed by atoms with E-state index in [1.54, 1.807) is 24.1 Å². The Labute approximate surface area is 121 Å². The first kappa shape index (κ1) is 14.3. The molecule has 0 aliphatic carbocycles. The normalized spacial score (nSPS) is 16.3. The fourth-order valence-electron chi connectivity index (χ4n) is 2.27. The van der Waals surface area contributed by atoms with Gasteiger partial charge in [-0.1, -0.05) is 0 Å². The Morgan fingerprint density at radius 3 is 2.79 bits per heavy atom. The molecule has 0 saturated carbocycles. The van der Waals surface area contributed by atoms with Crippen LogP contribution in [0.3, 0.4) is 0 Å².